The standard InChI is InChI=1S/C13H16N2O3/c1-3-14-9-8-12(16)15(13(14)17)10-6-4-5-7-11(10)18-2/h4-7H,3,8-9H2,1-2H3. The van der Waals surface area contributed by atoms with Crippen molar-refractivity contribution in [2.24, 2.45) is 0 Å². The van der Waals surface area contributed by atoms with Crippen LogP contribution in [-0.4, -0.2) is 37.0 Å². The van der Waals surface area contributed by atoms with Crippen molar-refractivity contribution in [1.29, 1.82) is 0 Å². The molecule has 0 radical (unpaired) electrons. The fourth-order valence-corrected chi connectivity index (χ4v) is 2.03. The first kappa shape index (κ1) is 12.4. The molecule has 18 heavy (non-hydrogen) atoms. The molecule has 1 heterocycles. The lowest BCUT2D eigenvalue weighted by atomic mass is 10.2. The minimum absolute atomic E-state index is 0.186. The van der Waals surface area contributed by atoms with Gasteiger partial charge in [-0.25, -0.2) is 9.69 Å². The number of amides is 3. The number of carbonyl (C=O) groups excluding carboxylic acids is 2. The lowest BCUT2D eigenvalue weighted by Gasteiger charge is -2.33. The van der Waals surface area contributed by atoms with Gasteiger partial charge in [-0.2, -0.15) is 0 Å². The molecule has 2 rings (SSSR count). The molecule has 0 aromatic heterocycles. The lowest BCUT2D eigenvalue weighted by molar-refractivity contribution is -0.119. The van der Waals surface area contributed by atoms with E-state index in [1.807, 2.05) is 6.92 Å². The van der Waals surface area contributed by atoms with Crippen LogP contribution in [0.4, 0.5) is 10.5 Å². The smallest absolute Gasteiger partial charge is 0.331 e. The summed E-state index contributed by atoms with van der Waals surface area (Å²) in [5, 5.41) is 0. The Labute approximate surface area is 106 Å². The number of hydrogen-bond donors (Lipinski definition) is 0. The molecule has 1 aromatic carbocycles. The predicted octanol–water partition coefficient (Wildman–Crippen LogP) is 1.87. The van der Waals surface area contributed by atoms with Gasteiger partial charge in [0.15, 0.2) is 0 Å². The highest BCUT2D eigenvalue weighted by Crippen LogP contribution is 2.30. The van der Waals surface area contributed by atoms with E-state index >= 15 is 0 Å². The average molecular weight is 248 g/mol. The zero-order valence-electron chi connectivity index (χ0n) is 10.5. The Morgan fingerprint density at radius 1 is 1.28 bits per heavy atom. The van der Waals surface area contributed by atoms with Gasteiger partial charge in [0, 0.05) is 19.5 Å². The third kappa shape index (κ3) is 2.03. The molecule has 1 aliphatic rings. The Morgan fingerprint density at radius 3 is 2.67 bits per heavy atom. The van der Waals surface area contributed by atoms with Gasteiger partial charge in [-0.15, -0.1) is 0 Å². The third-order valence-electron chi connectivity index (χ3n) is 3.01. The van der Waals surface area contributed by atoms with E-state index in [0.717, 1.165) is 0 Å². The van der Waals surface area contributed by atoms with Crippen LogP contribution in [-0.2, 0) is 4.79 Å². The Bertz CT molecular complexity index is 473. The molecule has 0 unspecified atom stereocenters. The predicted molar refractivity (Wildman–Crippen MR) is 67.7 cm³/mol. The molecule has 0 saturated carbocycles. The monoisotopic (exact) mass is 248 g/mol. The van der Waals surface area contributed by atoms with E-state index in [4.69, 9.17) is 4.74 Å². The SMILES string of the molecule is CCN1CCC(=O)N(c2ccccc2OC)C1=O. The van der Waals surface area contributed by atoms with Gasteiger partial charge in [-0.1, -0.05) is 12.1 Å². The van der Waals surface area contributed by atoms with Crippen LogP contribution in [0.25, 0.3) is 0 Å². The van der Waals surface area contributed by atoms with Gasteiger partial charge in [0.2, 0.25) is 5.91 Å². The molecule has 0 bridgehead atoms. The number of nitrogens with zero attached hydrogens (tertiary/aromatic N) is 2. The number of rotatable bonds is 3. The van der Waals surface area contributed by atoms with Crippen LogP contribution >= 0.6 is 0 Å². The summed E-state index contributed by atoms with van der Waals surface area (Å²) in [7, 11) is 1.52. The molecule has 3 amide bonds. The molecule has 1 aliphatic heterocycles. The summed E-state index contributed by atoms with van der Waals surface area (Å²) in [4.78, 5) is 27.0. The first-order valence-corrected chi connectivity index (χ1v) is 5.94. The van der Waals surface area contributed by atoms with Crippen molar-refractivity contribution >= 4 is 17.6 Å². The van der Waals surface area contributed by atoms with E-state index in [-0.39, 0.29) is 11.9 Å². The number of imide groups is 1. The van der Waals surface area contributed by atoms with Gasteiger partial charge in [-0.3, -0.25) is 4.79 Å². The van der Waals surface area contributed by atoms with Crippen molar-refractivity contribution < 1.29 is 14.3 Å². The van der Waals surface area contributed by atoms with E-state index in [9.17, 15) is 9.59 Å². The minimum atomic E-state index is -0.279. The second-order valence-electron chi connectivity index (χ2n) is 4.01. The molecule has 0 atom stereocenters. The fourth-order valence-electron chi connectivity index (χ4n) is 2.03. The third-order valence-corrected chi connectivity index (χ3v) is 3.01. The van der Waals surface area contributed by atoms with Crippen LogP contribution in [0.5, 0.6) is 5.75 Å². The number of anilines is 1. The van der Waals surface area contributed by atoms with Gasteiger partial charge in [0.05, 0.1) is 12.8 Å². The molecule has 96 valence electrons. The summed E-state index contributed by atoms with van der Waals surface area (Å²) >= 11 is 0. The molecule has 1 saturated heterocycles. The van der Waals surface area contributed by atoms with Gasteiger partial charge >= 0.3 is 6.03 Å². The summed E-state index contributed by atoms with van der Waals surface area (Å²) in [5.74, 6) is 0.339. The summed E-state index contributed by atoms with van der Waals surface area (Å²) in [6, 6.07) is 6.76. The Kier molecular flexibility index (Phi) is 3.50. The van der Waals surface area contributed by atoms with E-state index in [0.29, 0.717) is 30.9 Å². The molecule has 5 heteroatoms. The van der Waals surface area contributed by atoms with Gasteiger partial charge in [-0.05, 0) is 19.1 Å². The average Bonchev–Trinajstić information content (AvgIpc) is 2.39. The molecule has 1 fully saturated rings. The van der Waals surface area contributed by atoms with Crippen LogP contribution < -0.4 is 9.64 Å². The highest BCUT2D eigenvalue weighted by atomic mass is 16.5. The number of urea groups is 1. The van der Waals surface area contributed by atoms with Gasteiger partial charge in [0.25, 0.3) is 0 Å². The molecule has 0 spiro atoms. The van der Waals surface area contributed by atoms with Crippen LogP contribution in [0.3, 0.4) is 0 Å². The number of carbonyl (C=O) groups is 2. The number of methoxy groups -OCH3 is 1. The molecule has 0 aliphatic carbocycles. The summed E-state index contributed by atoms with van der Waals surface area (Å²) in [5.41, 5.74) is 0.508. The largest absolute Gasteiger partial charge is 0.495 e. The van der Waals surface area contributed by atoms with Gasteiger partial charge in [0.1, 0.15) is 5.75 Å². The number of para-hydroxylation sites is 2. The minimum Gasteiger partial charge on any atom is -0.495 e. The molecule has 1 aromatic rings. The van der Waals surface area contributed by atoms with Crippen molar-refractivity contribution in [2.45, 2.75) is 13.3 Å². The lowest BCUT2D eigenvalue weighted by Crippen LogP contribution is -2.52. The first-order valence-electron chi connectivity index (χ1n) is 5.94. The maximum Gasteiger partial charge on any atom is 0.331 e. The van der Waals surface area contributed by atoms with Crippen molar-refractivity contribution in [1.82, 2.24) is 4.90 Å². The highest BCUT2D eigenvalue weighted by molar-refractivity contribution is 6.16. The molecule has 0 N–H and O–H groups in total. The fraction of sp³-hybridized carbons (Fsp3) is 0.385. The Morgan fingerprint density at radius 2 is 2.00 bits per heavy atom. The number of hydrogen-bond acceptors (Lipinski definition) is 3. The van der Waals surface area contributed by atoms with E-state index in [2.05, 4.69) is 0 Å². The summed E-state index contributed by atoms with van der Waals surface area (Å²) < 4.78 is 5.20. The van der Waals surface area contributed by atoms with Crippen LogP contribution in [0.2, 0.25) is 0 Å². The number of benzene rings is 1. The maximum atomic E-state index is 12.2. The van der Waals surface area contributed by atoms with E-state index < -0.39 is 0 Å². The second kappa shape index (κ2) is 5.08. The van der Waals surface area contributed by atoms with E-state index in [1.54, 1.807) is 29.2 Å². The Hall–Kier alpha value is -2.04. The van der Waals surface area contributed by atoms with Crippen molar-refractivity contribution in [2.75, 3.05) is 25.1 Å². The summed E-state index contributed by atoms with van der Waals surface area (Å²) in [6.07, 6.45) is 0.345. The molecule has 5 nitrogen and oxygen atoms in total. The van der Waals surface area contributed by atoms with Crippen molar-refractivity contribution in [3.63, 3.8) is 0 Å². The Balaban J connectivity index is 2.40. The second-order valence-corrected chi connectivity index (χ2v) is 4.01. The van der Waals surface area contributed by atoms with Crippen molar-refractivity contribution in [3.05, 3.63) is 24.3 Å². The van der Waals surface area contributed by atoms with Crippen LogP contribution in [0, 0.1) is 0 Å². The quantitative estimate of drug-likeness (QED) is 0.820. The zero-order valence-corrected chi connectivity index (χ0v) is 10.5. The summed E-state index contributed by atoms with van der Waals surface area (Å²) in [6.45, 7) is 2.98. The van der Waals surface area contributed by atoms with Crippen molar-refractivity contribution in [3.8, 4) is 5.75 Å². The molecular formula is C13H16N2O3. The van der Waals surface area contributed by atoms with Gasteiger partial charge < -0.3 is 9.64 Å². The maximum absolute atomic E-state index is 12.2. The van der Waals surface area contributed by atoms with E-state index in [1.165, 1.54) is 12.0 Å². The normalized spacial score (nSPS) is 16.1. The number of ether oxygens (including phenoxy) is 1. The molecular weight excluding hydrogens is 232 g/mol. The van der Waals surface area contributed by atoms with Crippen LogP contribution in [0.15, 0.2) is 24.3 Å². The highest BCUT2D eigenvalue weighted by Gasteiger charge is 2.33. The zero-order chi connectivity index (χ0) is 13.1. The van der Waals surface area contributed by atoms with Crippen LogP contribution in [0.1, 0.15) is 13.3 Å². The first-order chi connectivity index (χ1) is 8.69. The topological polar surface area (TPSA) is 49.9 Å².